The molecule has 2 aromatic heterocycles. The largest absolute Gasteiger partial charge is 0.477 e. The van der Waals surface area contributed by atoms with Gasteiger partial charge >= 0.3 is 5.97 Å². The van der Waals surface area contributed by atoms with Gasteiger partial charge in [-0.1, -0.05) is 0 Å². The molecule has 0 aromatic carbocycles. The molecule has 8 nitrogen and oxygen atoms in total. The molecule has 2 N–H and O–H groups in total. The minimum atomic E-state index is -1.06. The normalized spacial score (nSPS) is 14.6. The van der Waals surface area contributed by atoms with Gasteiger partial charge in [0.1, 0.15) is 12.3 Å². The Bertz CT molecular complexity index is 549. The van der Waals surface area contributed by atoms with Gasteiger partial charge in [-0.15, -0.1) is 5.10 Å². The fraction of sp³-hybridized carbons (Fsp3) is 0.333. The van der Waals surface area contributed by atoms with Crippen LogP contribution in [0.25, 0.3) is 11.6 Å². The van der Waals surface area contributed by atoms with Crippen molar-refractivity contribution in [1.82, 2.24) is 24.7 Å². The number of rotatable bonds is 2. The third kappa shape index (κ3) is 1.68. The Hall–Kier alpha value is -2.22. The highest BCUT2D eigenvalue weighted by atomic mass is 16.5. The van der Waals surface area contributed by atoms with Gasteiger partial charge in [0.05, 0.1) is 19.3 Å². The minimum absolute atomic E-state index is 0.0176. The van der Waals surface area contributed by atoms with Gasteiger partial charge in [-0.05, 0) is 0 Å². The summed E-state index contributed by atoms with van der Waals surface area (Å²) in [4.78, 5) is 21.5. The van der Waals surface area contributed by atoms with Crippen LogP contribution in [0.1, 0.15) is 16.3 Å². The molecule has 2 aromatic rings. The van der Waals surface area contributed by atoms with Crippen molar-refractivity contribution in [2.24, 2.45) is 0 Å². The summed E-state index contributed by atoms with van der Waals surface area (Å²) in [5.41, 5.74) is 0.0176. The molecule has 88 valence electrons. The average Bonchev–Trinajstić information content (AvgIpc) is 2.95. The lowest BCUT2D eigenvalue weighted by Gasteiger charge is -2.11. The molecule has 3 rings (SSSR count). The molecule has 0 radical (unpaired) electrons. The smallest absolute Gasteiger partial charge is 0.353 e. The summed E-state index contributed by atoms with van der Waals surface area (Å²) in [6, 6.07) is 0. The van der Waals surface area contributed by atoms with Crippen LogP contribution in [0.5, 0.6) is 0 Å². The van der Waals surface area contributed by atoms with Gasteiger partial charge in [0.15, 0.2) is 11.6 Å². The molecule has 0 atom stereocenters. The van der Waals surface area contributed by atoms with Crippen molar-refractivity contribution in [3.05, 3.63) is 17.7 Å². The zero-order chi connectivity index (χ0) is 11.8. The maximum Gasteiger partial charge on any atom is 0.353 e. The van der Waals surface area contributed by atoms with Gasteiger partial charge in [0.2, 0.25) is 5.82 Å². The molecule has 17 heavy (non-hydrogen) atoms. The van der Waals surface area contributed by atoms with Gasteiger partial charge in [-0.2, -0.15) is 0 Å². The van der Waals surface area contributed by atoms with Crippen LogP contribution in [0, 0.1) is 0 Å². The number of aromatic carboxylic acids is 1. The number of nitrogens with one attached hydrogen (secondary N) is 1. The summed E-state index contributed by atoms with van der Waals surface area (Å²) < 4.78 is 6.98. The topological polar surface area (TPSA) is 106 Å². The molecular formula is C9H9N5O3. The number of carboxylic acids is 1. The molecule has 8 heteroatoms. The number of H-pyrrole nitrogens is 1. The average molecular weight is 235 g/mol. The zero-order valence-electron chi connectivity index (χ0n) is 8.75. The molecule has 0 amide bonds. The Balaban J connectivity index is 1.97. The summed E-state index contributed by atoms with van der Waals surface area (Å²) >= 11 is 0. The highest BCUT2D eigenvalue weighted by Gasteiger charge is 2.18. The quantitative estimate of drug-likeness (QED) is 0.752. The number of hydrogen-bond donors (Lipinski definition) is 2. The van der Waals surface area contributed by atoms with Crippen LogP contribution in [-0.2, 0) is 17.9 Å². The van der Waals surface area contributed by atoms with E-state index in [1.54, 1.807) is 4.68 Å². The Morgan fingerprint density at radius 2 is 2.47 bits per heavy atom. The molecular weight excluding hydrogens is 226 g/mol. The van der Waals surface area contributed by atoms with Crippen molar-refractivity contribution < 1.29 is 14.6 Å². The highest BCUT2D eigenvalue weighted by Crippen LogP contribution is 2.14. The SMILES string of the molecule is O=C(O)c1cnc(-c2nc3n(n2)CCOC3)[nH]1. The molecule has 1 aliphatic heterocycles. The Morgan fingerprint density at radius 1 is 1.59 bits per heavy atom. The lowest BCUT2D eigenvalue weighted by atomic mass is 10.5. The van der Waals surface area contributed by atoms with Crippen LogP contribution in [0.15, 0.2) is 6.20 Å². The van der Waals surface area contributed by atoms with Gasteiger partial charge in [-0.25, -0.2) is 19.4 Å². The lowest BCUT2D eigenvalue weighted by molar-refractivity contribution is 0.0691. The minimum Gasteiger partial charge on any atom is -0.477 e. The van der Waals surface area contributed by atoms with E-state index in [0.29, 0.717) is 31.4 Å². The third-order valence-corrected chi connectivity index (χ3v) is 2.44. The van der Waals surface area contributed by atoms with Crippen LogP contribution in [-0.4, -0.2) is 42.4 Å². The van der Waals surface area contributed by atoms with E-state index in [2.05, 4.69) is 20.1 Å². The summed E-state index contributed by atoms with van der Waals surface area (Å²) in [5, 5.41) is 13.0. The lowest BCUT2D eigenvalue weighted by Crippen LogP contribution is -2.17. The number of carboxylic acid groups (broad SMARTS) is 1. The van der Waals surface area contributed by atoms with Gasteiger partial charge in [0.25, 0.3) is 0 Å². The summed E-state index contributed by atoms with van der Waals surface area (Å²) in [5.74, 6) is 0.401. The van der Waals surface area contributed by atoms with E-state index in [1.165, 1.54) is 6.20 Å². The number of imidazole rings is 1. The Labute approximate surface area is 95.3 Å². The first-order valence-electron chi connectivity index (χ1n) is 5.04. The van der Waals surface area contributed by atoms with Crippen molar-refractivity contribution in [1.29, 1.82) is 0 Å². The molecule has 1 aliphatic rings. The molecule has 0 saturated heterocycles. The van der Waals surface area contributed by atoms with E-state index in [0.717, 1.165) is 5.82 Å². The molecule has 0 aliphatic carbocycles. The number of hydrogen-bond acceptors (Lipinski definition) is 5. The van der Waals surface area contributed by atoms with Crippen LogP contribution < -0.4 is 0 Å². The monoisotopic (exact) mass is 235 g/mol. The fourth-order valence-electron chi connectivity index (χ4n) is 1.62. The van der Waals surface area contributed by atoms with Crippen molar-refractivity contribution >= 4 is 5.97 Å². The van der Waals surface area contributed by atoms with E-state index < -0.39 is 5.97 Å². The highest BCUT2D eigenvalue weighted by molar-refractivity contribution is 5.85. The van der Waals surface area contributed by atoms with Crippen molar-refractivity contribution in [2.45, 2.75) is 13.2 Å². The number of carbonyl (C=O) groups is 1. The van der Waals surface area contributed by atoms with E-state index in [1.807, 2.05) is 0 Å². The van der Waals surface area contributed by atoms with Crippen molar-refractivity contribution in [2.75, 3.05) is 6.61 Å². The molecule has 0 saturated carbocycles. The summed E-state index contributed by atoms with van der Waals surface area (Å²) in [6.07, 6.45) is 1.24. The number of fused-ring (bicyclic) bond motifs is 1. The number of aromatic amines is 1. The molecule has 3 heterocycles. The fourth-order valence-corrected chi connectivity index (χ4v) is 1.62. The number of ether oxygens (including phenoxy) is 1. The molecule has 0 bridgehead atoms. The van der Waals surface area contributed by atoms with Crippen molar-refractivity contribution in [3.63, 3.8) is 0 Å². The first-order valence-corrected chi connectivity index (χ1v) is 5.04. The first-order chi connectivity index (χ1) is 8.24. The molecule has 0 spiro atoms. The number of nitrogens with zero attached hydrogens (tertiary/aromatic N) is 4. The van der Waals surface area contributed by atoms with Crippen LogP contribution in [0.3, 0.4) is 0 Å². The first kappa shape index (κ1) is 9.97. The van der Waals surface area contributed by atoms with Gasteiger partial charge in [0, 0.05) is 0 Å². The van der Waals surface area contributed by atoms with E-state index in [9.17, 15) is 4.79 Å². The predicted molar refractivity (Wildman–Crippen MR) is 54.2 cm³/mol. The van der Waals surface area contributed by atoms with Crippen molar-refractivity contribution in [3.8, 4) is 11.6 Å². The Morgan fingerprint density at radius 3 is 3.18 bits per heavy atom. The van der Waals surface area contributed by atoms with E-state index >= 15 is 0 Å². The van der Waals surface area contributed by atoms with E-state index in [-0.39, 0.29) is 5.69 Å². The van der Waals surface area contributed by atoms with Crippen LogP contribution >= 0.6 is 0 Å². The van der Waals surface area contributed by atoms with Crippen LogP contribution in [0.2, 0.25) is 0 Å². The second kappa shape index (κ2) is 3.67. The second-order valence-electron chi connectivity index (χ2n) is 3.58. The van der Waals surface area contributed by atoms with Gasteiger partial charge < -0.3 is 14.8 Å². The van der Waals surface area contributed by atoms with Gasteiger partial charge in [-0.3, -0.25) is 0 Å². The number of aromatic nitrogens is 5. The maximum atomic E-state index is 10.7. The summed E-state index contributed by atoms with van der Waals surface area (Å²) in [7, 11) is 0. The predicted octanol–water partition coefficient (Wildman–Crippen LogP) is -0.103. The standard InChI is InChI=1S/C9H9N5O3/c15-9(16)5-3-10-7(11-5)8-12-6-4-17-2-1-14(6)13-8/h3H,1-2,4H2,(H,10,11)(H,15,16). The second-order valence-corrected chi connectivity index (χ2v) is 3.58. The maximum absolute atomic E-state index is 10.7. The van der Waals surface area contributed by atoms with E-state index in [4.69, 9.17) is 9.84 Å². The molecule has 0 fully saturated rings. The summed E-state index contributed by atoms with van der Waals surface area (Å²) in [6.45, 7) is 1.67. The zero-order valence-corrected chi connectivity index (χ0v) is 8.75. The van der Waals surface area contributed by atoms with Crippen LogP contribution in [0.4, 0.5) is 0 Å². The third-order valence-electron chi connectivity index (χ3n) is 2.44. The Kier molecular flexibility index (Phi) is 2.15. The molecule has 0 unspecified atom stereocenters.